The summed E-state index contributed by atoms with van der Waals surface area (Å²) in [6, 6.07) is 6.96. The van der Waals surface area contributed by atoms with E-state index in [9.17, 15) is 0 Å². The molecule has 0 aliphatic heterocycles. The SMILES string of the molecule is Cc1cc(C#N)c(C#N)cc1Cl. The zero-order valence-electron chi connectivity index (χ0n) is 6.43. The molecule has 0 amide bonds. The number of halogens is 1. The van der Waals surface area contributed by atoms with Crippen LogP contribution in [0.5, 0.6) is 0 Å². The van der Waals surface area contributed by atoms with Gasteiger partial charge in [0.25, 0.3) is 0 Å². The molecule has 1 rings (SSSR count). The molecule has 0 aromatic heterocycles. The largest absolute Gasteiger partial charge is 0.192 e. The molecule has 0 N–H and O–H groups in total. The summed E-state index contributed by atoms with van der Waals surface area (Å²) in [5, 5.41) is 17.7. The van der Waals surface area contributed by atoms with Crippen LogP contribution in [0.15, 0.2) is 12.1 Å². The van der Waals surface area contributed by atoms with Crippen molar-refractivity contribution >= 4 is 11.6 Å². The first kappa shape index (κ1) is 8.59. The fourth-order valence-corrected chi connectivity index (χ4v) is 1.03. The van der Waals surface area contributed by atoms with E-state index in [1.807, 2.05) is 12.1 Å². The molecule has 0 aliphatic rings. The molecule has 0 heterocycles. The molecular formula is C9H5ClN2. The highest BCUT2D eigenvalue weighted by atomic mass is 35.5. The van der Waals surface area contributed by atoms with E-state index in [1.54, 1.807) is 13.0 Å². The van der Waals surface area contributed by atoms with Crippen molar-refractivity contribution in [2.24, 2.45) is 0 Å². The summed E-state index contributed by atoms with van der Waals surface area (Å²) in [6.07, 6.45) is 0. The summed E-state index contributed by atoms with van der Waals surface area (Å²) in [7, 11) is 0. The lowest BCUT2D eigenvalue weighted by Gasteiger charge is -1.98. The highest BCUT2D eigenvalue weighted by Crippen LogP contribution is 2.19. The third kappa shape index (κ3) is 1.39. The first-order valence-corrected chi connectivity index (χ1v) is 3.67. The molecule has 1 aromatic rings. The van der Waals surface area contributed by atoms with Crippen LogP contribution >= 0.6 is 11.6 Å². The fourth-order valence-electron chi connectivity index (χ4n) is 0.867. The van der Waals surface area contributed by atoms with Gasteiger partial charge >= 0.3 is 0 Å². The molecular weight excluding hydrogens is 172 g/mol. The minimum Gasteiger partial charge on any atom is -0.192 e. The maximum absolute atomic E-state index is 8.62. The van der Waals surface area contributed by atoms with E-state index in [-0.39, 0.29) is 0 Å². The van der Waals surface area contributed by atoms with Crippen LogP contribution in [0.1, 0.15) is 16.7 Å². The predicted octanol–water partition coefficient (Wildman–Crippen LogP) is 2.39. The summed E-state index contributed by atoms with van der Waals surface area (Å²) >= 11 is 5.76. The standard InChI is InChI=1S/C9H5ClN2/c1-6-2-7(4-11)8(5-12)3-9(6)10/h2-3H,1H3. The summed E-state index contributed by atoms with van der Waals surface area (Å²) in [6.45, 7) is 1.80. The number of hydrogen-bond donors (Lipinski definition) is 0. The Kier molecular flexibility index (Phi) is 2.33. The van der Waals surface area contributed by atoms with Crippen LogP contribution in [0.2, 0.25) is 5.02 Å². The van der Waals surface area contributed by atoms with E-state index in [4.69, 9.17) is 22.1 Å². The van der Waals surface area contributed by atoms with Gasteiger partial charge in [0.2, 0.25) is 0 Å². The second-order valence-electron chi connectivity index (χ2n) is 2.37. The lowest BCUT2D eigenvalue weighted by Crippen LogP contribution is -1.86. The minimum absolute atomic E-state index is 0.327. The van der Waals surface area contributed by atoms with Crippen LogP contribution in [-0.4, -0.2) is 0 Å². The van der Waals surface area contributed by atoms with Crippen molar-refractivity contribution < 1.29 is 0 Å². The molecule has 0 saturated heterocycles. The quantitative estimate of drug-likeness (QED) is 0.610. The number of aryl methyl sites for hydroxylation is 1. The highest BCUT2D eigenvalue weighted by molar-refractivity contribution is 6.31. The van der Waals surface area contributed by atoms with Crippen LogP contribution in [0, 0.1) is 29.6 Å². The van der Waals surface area contributed by atoms with Crippen molar-refractivity contribution in [1.29, 1.82) is 10.5 Å². The second kappa shape index (κ2) is 3.26. The summed E-state index contributed by atoms with van der Waals surface area (Å²) in [5.74, 6) is 0. The normalized spacial score (nSPS) is 8.67. The van der Waals surface area contributed by atoms with Gasteiger partial charge in [0.05, 0.1) is 11.1 Å². The molecule has 0 fully saturated rings. The minimum atomic E-state index is 0.327. The van der Waals surface area contributed by atoms with E-state index < -0.39 is 0 Å². The van der Waals surface area contributed by atoms with Crippen molar-refractivity contribution in [3.63, 3.8) is 0 Å². The summed E-state index contributed by atoms with van der Waals surface area (Å²) in [5.41, 5.74) is 1.51. The third-order valence-corrected chi connectivity index (χ3v) is 1.95. The van der Waals surface area contributed by atoms with Gasteiger partial charge in [-0.15, -0.1) is 0 Å². The second-order valence-corrected chi connectivity index (χ2v) is 2.78. The Bertz CT molecular complexity index is 357. The van der Waals surface area contributed by atoms with Crippen LogP contribution in [0.25, 0.3) is 0 Å². The Morgan fingerprint density at radius 1 is 1.17 bits per heavy atom. The molecule has 12 heavy (non-hydrogen) atoms. The Morgan fingerprint density at radius 2 is 1.67 bits per heavy atom. The molecule has 0 bridgehead atoms. The summed E-state index contributed by atoms with van der Waals surface area (Å²) < 4.78 is 0. The molecule has 0 spiro atoms. The van der Waals surface area contributed by atoms with Gasteiger partial charge in [0.1, 0.15) is 12.1 Å². The Hall–Kier alpha value is -1.51. The van der Waals surface area contributed by atoms with Gasteiger partial charge in [-0.2, -0.15) is 10.5 Å². The molecule has 0 unspecified atom stereocenters. The smallest absolute Gasteiger partial charge is 0.101 e. The molecule has 0 saturated carbocycles. The van der Waals surface area contributed by atoms with Gasteiger partial charge in [-0.3, -0.25) is 0 Å². The molecule has 0 atom stereocenters. The van der Waals surface area contributed by atoms with Gasteiger partial charge < -0.3 is 0 Å². The Morgan fingerprint density at radius 3 is 2.17 bits per heavy atom. The number of rotatable bonds is 0. The van der Waals surface area contributed by atoms with E-state index >= 15 is 0 Å². The van der Waals surface area contributed by atoms with Crippen LogP contribution < -0.4 is 0 Å². The van der Waals surface area contributed by atoms with E-state index in [1.165, 1.54) is 6.07 Å². The first-order valence-electron chi connectivity index (χ1n) is 3.29. The Labute approximate surface area is 75.6 Å². The van der Waals surface area contributed by atoms with Crippen molar-refractivity contribution in [2.45, 2.75) is 6.92 Å². The van der Waals surface area contributed by atoms with E-state index in [0.29, 0.717) is 16.1 Å². The van der Waals surface area contributed by atoms with Crippen LogP contribution in [0.4, 0.5) is 0 Å². The van der Waals surface area contributed by atoms with E-state index in [0.717, 1.165) is 5.56 Å². The molecule has 1 aromatic carbocycles. The fraction of sp³-hybridized carbons (Fsp3) is 0.111. The first-order chi connectivity index (χ1) is 5.69. The highest BCUT2D eigenvalue weighted by Gasteiger charge is 2.04. The topological polar surface area (TPSA) is 47.6 Å². The lowest BCUT2D eigenvalue weighted by atomic mass is 10.1. The van der Waals surface area contributed by atoms with Gasteiger partial charge in [-0.25, -0.2) is 0 Å². The van der Waals surface area contributed by atoms with E-state index in [2.05, 4.69) is 0 Å². The lowest BCUT2D eigenvalue weighted by molar-refractivity contribution is 1.38. The summed E-state index contributed by atoms with van der Waals surface area (Å²) in [4.78, 5) is 0. The average Bonchev–Trinajstić information content (AvgIpc) is 2.09. The molecule has 3 heteroatoms. The van der Waals surface area contributed by atoms with Crippen molar-refractivity contribution in [3.05, 3.63) is 33.8 Å². The van der Waals surface area contributed by atoms with Gasteiger partial charge in [0, 0.05) is 5.02 Å². The maximum atomic E-state index is 8.62. The third-order valence-electron chi connectivity index (χ3n) is 1.54. The van der Waals surface area contributed by atoms with Crippen molar-refractivity contribution in [2.75, 3.05) is 0 Å². The van der Waals surface area contributed by atoms with Crippen LogP contribution in [0.3, 0.4) is 0 Å². The number of nitriles is 2. The molecule has 0 radical (unpaired) electrons. The number of hydrogen-bond acceptors (Lipinski definition) is 2. The van der Waals surface area contributed by atoms with Gasteiger partial charge in [0.15, 0.2) is 0 Å². The van der Waals surface area contributed by atoms with Gasteiger partial charge in [-0.05, 0) is 24.6 Å². The zero-order chi connectivity index (χ0) is 9.14. The molecule has 0 aliphatic carbocycles. The monoisotopic (exact) mass is 176 g/mol. The maximum Gasteiger partial charge on any atom is 0.101 e. The molecule has 2 nitrogen and oxygen atoms in total. The number of benzene rings is 1. The van der Waals surface area contributed by atoms with Gasteiger partial charge in [-0.1, -0.05) is 11.6 Å². The van der Waals surface area contributed by atoms with Crippen molar-refractivity contribution in [1.82, 2.24) is 0 Å². The average molecular weight is 177 g/mol. The Balaban J connectivity index is 3.44. The van der Waals surface area contributed by atoms with Crippen LogP contribution in [-0.2, 0) is 0 Å². The molecule has 58 valence electrons. The number of nitrogens with zero attached hydrogens (tertiary/aromatic N) is 2. The van der Waals surface area contributed by atoms with Crippen molar-refractivity contribution in [3.8, 4) is 12.1 Å². The predicted molar refractivity (Wildman–Crippen MR) is 45.6 cm³/mol. The zero-order valence-corrected chi connectivity index (χ0v) is 7.18.